The van der Waals surface area contributed by atoms with E-state index in [-0.39, 0.29) is 24.7 Å². The molecular weight excluding hydrogens is 441 g/mol. The van der Waals surface area contributed by atoms with Gasteiger partial charge in [-0.15, -0.1) is 11.3 Å². The minimum absolute atomic E-state index is 0.0280. The number of halogens is 1. The van der Waals surface area contributed by atoms with Gasteiger partial charge in [0.1, 0.15) is 6.79 Å². The van der Waals surface area contributed by atoms with Gasteiger partial charge in [0.2, 0.25) is 5.91 Å². The topological polar surface area (TPSA) is 55.8 Å². The predicted octanol–water partition coefficient (Wildman–Crippen LogP) is 3.70. The number of anilines is 1. The Hall–Kier alpha value is -0.510. The first-order chi connectivity index (χ1) is 11.6. The molecule has 0 bridgehead atoms. The van der Waals surface area contributed by atoms with Gasteiger partial charge in [-0.3, -0.25) is 9.59 Å². The molecule has 0 spiro atoms. The molecule has 1 amide bonds. The summed E-state index contributed by atoms with van der Waals surface area (Å²) in [6.45, 7) is 3.40. The minimum atomic E-state index is -0.172. The van der Waals surface area contributed by atoms with E-state index in [1.807, 2.05) is 6.07 Å². The highest BCUT2D eigenvalue weighted by molar-refractivity contribution is 14.1. The second kappa shape index (κ2) is 8.25. The standard InChI is InChI=1S/C17H22INO4S/c1-11-2-4-12(5-3-11)17(21)19(13-8-22-10-23-9-13)14-6-16(18)24-15(14)7-20/h6-7,11-13H,2-5,8-10H2,1H3/t11-,12-. The molecule has 1 aliphatic heterocycles. The number of rotatable bonds is 4. The van der Waals surface area contributed by atoms with Gasteiger partial charge in [0.15, 0.2) is 6.29 Å². The average molecular weight is 463 g/mol. The van der Waals surface area contributed by atoms with Crippen molar-refractivity contribution in [3.05, 3.63) is 13.8 Å². The summed E-state index contributed by atoms with van der Waals surface area (Å²) >= 11 is 3.61. The molecule has 0 N–H and O–H groups in total. The van der Waals surface area contributed by atoms with E-state index in [4.69, 9.17) is 9.47 Å². The van der Waals surface area contributed by atoms with Crippen LogP contribution >= 0.6 is 33.9 Å². The molecule has 1 aromatic rings. The number of aldehydes is 1. The van der Waals surface area contributed by atoms with E-state index in [1.165, 1.54) is 11.3 Å². The van der Waals surface area contributed by atoms with Crippen molar-refractivity contribution in [2.45, 2.75) is 38.6 Å². The molecule has 24 heavy (non-hydrogen) atoms. The highest BCUT2D eigenvalue weighted by Gasteiger charge is 2.35. The number of thiophene rings is 1. The Morgan fingerprint density at radius 3 is 2.58 bits per heavy atom. The van der Waals surface area contributed by atoms with Gasteiger partial charge in [-0.05, 0) is 60.3 Å². The summed E-state index contributed by atoms with van der Waals surface area (Å²) in [5, 5.41) is 0. The van der Waals surface area contributed by atoms with Crippen molar-refractivity contribution < 1.29 is 19.1 Å². The molecule has 0 radical (unpaired) electrons. The lowest BCUT2D eigenvalue weighted by Crippen LogP contribution is -2.51. The van der Waals surface area contributed by atoms with Crippen LogP contribution in [-0.2, 0) is 14.3 Å². The third-order valence-electron chi connectivity index (χ3n) is 4.83. The molecule has 132 valence electrons. The maximum absolute atomic E-state index is 13.3. The highest BCUT2D eigenvalue weighted by Crippen LogP contribution is 2.36. The molecule has 5 nitrogen and oxygen atoms in total. The summed E-state index contributed by atoms with van der Waals surface area (Å²) in [5.74, 6) is 0.829. The maximum Gasteiger partial charge on any atom is 0.230 e. The first-order valence-corrected chi connectivity index (χ1v) is 10.2. The fourth-order valence-electron chi connectivity index (χ4n) is 3.46. The first-order valence-electron chi connectivity index (χ1n) is 8.33. The molecule has 0 atom stereocenters. The molecule has 3 rings (SSSR count). The Bertz CT molecular complexity index is 591. The van der Waals surface area contributed by atoms with E-state index in [2.05, 4.69) is 29.5 Å². The summed E-state index contributed by atoms with van der Waals surface area (Å²) < 4.78 is 11.8. The van der Waals surface area contributed by atoms with Gasteiger partial charge in [0.25, 0.3) is 0 Å². The summed E-state index contributed by atoms with van der Waals surface area (Å²) in [4.78, 5) is 27.1. The van der Waals surface area contributed by atoms with Crippen LogP contribution < -0.4 is 4.90 Å². The van der Waals surface area contributed by atoms with Gasteiger partial charge in [0.05, 0.1) is 32.7 Å². The number of nitrogens with zero attached hydrogens (tertiary/aromatic N) is 1. The van der Waals surface area contributed by atoms with Crippen LogP contribution in [0.2, 0.25) is 0 Å². The Morgan fingerprint density at radius 1 is 1.29 bits per heavy atom. The Morgan fingerprint density at radius 2 is 1.96 bits per heavy atom. The van der Waals surface area contributed by atoms with Crippen LogP contribution in [0.5, 0.6) is 0 Å². The van der Waals surface area contributed by atoms with Gasteiger partial charge >= 0.3 is 0 Å². The third-order valence-corrected chi connectivity index (χ3v) is 6.64. The molecule has 2 aliphatic rings. The lowest BCUT2D eigenvalue weighted by molar-refractivity contribution is -0.131. The molecule has 1 aliphatic carbocycles. The van der Waals surface area contributed by atoms with Crippen molar-refractivity contribution in [1.29, 1.82) is 0 Å². The van der Waals surface area contributed by atoms with E-state index in [9.17, 15) is 9.59 Å². The zero-order chi connectivity index (χ0) is 17.1. The molecule has 0 unspecified atom stereocenters. The lowest BCUT2D eigenvalue weighted by atomic mass is 9.82. The van der Waals surface area contributed by atoms with Crippen LogP contribution in [0.4, 0.5) is 5.69 Å². The van der Waals surface area contributed by atoms with Gasteiger partial charge in [-0.2, -0.15) is 0 Å². The van der Waals surface area contributed by atoms with Gasteiger partial charge < -0.3 is 14.4 Å². The quantitative estimate of drug-likeness (QED) is 0.505. The van der Waals surface area contributed by atoms with E-state index < -0.39 is 0 Å². The minimum Gasteiger partial charge on any atom is -0.353 e. The van der Waals surface area contributed by atoms with E-state index >= 15 is 0 Å². The Balaban J connectivity index is 1.89. The second-order valence-corrected chi connectivity index (χ2v) is 9.57. The summed E-state index contributed by atoms with van der Waals surface area (Å²) in [5.41, 5.74) is 0.710. The van der Waals surface area contributed by atoms with Crippen LogP contribution in [0, 0.1) is 14.7 Å². The fraction of sp³-hybridized carbons (Fsp3) is 0.647. The Labute approximate surface area is 159 Å². The smallest absolute Gasteiger partial charge is 0.230 e. The molecule has 2 fully saturated rings. The van der Waals surface area contributed by atoms with Crippen molar-refractivity contribution >= 4 is 51.8 Å². The zero-order valence-corrected chi connectivity index (χ0v) is 16.7. The zero-order valence-electron chi connectivity index (χ0n) is 13.7. The van der Waals surface area contributed by atoms with Crippen LogP contribution in [-0.4, -0.2) is 38.2 Å². The number of carbonyl (C=O) groups excluding carboxylic acids is 2. The SMILES string of the molecule is C[C@H]1CC[C@H](C(=O)N(c2cc(I)sc2C=O)C2COCOC2)CC1. The first kappa shape index (κ1) is 18.3. The van der Waals surface area contributed by atoms with E-state index in [0.717, 1.165) is 34.9 Å². The second-order valence-electron chi connectivity index (χ2n) is 6.60. The number of carbonyl (C=O) groups is 2. The maximum atomic E-state index is 13.3. The normalized spacial score (nSPS) is 25.4. The molecule has 1 saturated carbocycles. The summed E-state index contributed by atoms with van der Waals surface area (Å²) in [6.07, 6.45) is 4.86. The fourth-order valence-corrected chi connectivity index (χ4v) is 5.16. The van der Waals surface area contributed by atoms with Gasteiger partial charge in [0, 0.05) is 5.92 Å². The monoisotopic (exact) mass is 463 g/mol. The summed E-state index contributed by atoms with van der Waals surface area (Å²) in [6, 6.07) is 1.75. The number of hydrogen-bond acceptors (Lipinski definition) is 5. The number of ether oxygens (including phenoxy) is 2. The number of amides is 1. The van der Waals surface area contributed by atoms with Crippen LogP contribution in [0.3, 0.4) is 0 Å². The van der Waals surface area contributed by atoms with E-state index in [1.54, 1.807) is 4.90 Å². The van der Waals surface area contributed by atoms with Crippen molar-refractivity contribution in [2.24, 2.45) is 11.8 Å². The van der Waals surface area contributed by atoms with Crippen LogP contribution in [0.25, 0.3) is 0 Å². The molecular formula is C17H22INO4S. The van der Waals surface area contributed by atoms with Gasteiger partial charge in [-0.25, -0.2) is 0 Å². The molecule has 7 heteroatoms. The van der Waals surface area contributed by atoms with Crippen LogP contribution in [0.1, 0.15) is 42.3 Å². The Kier molecular flexibility index (Phi) is 6.28. The molecule has 2 heterocycles. The predicted molar refractivity (Wildman–Crippen MR) is 102 cm³/mol. The lowest BCUT2D eigenvalue weighted by Gasteiger charge is -2.37. The van der Waals surface area contributed by atoms with Crippen molar-refractivity contribution in [3.8, 4) is 0 Å². The molecule has 1 saturated heterocycles. The van der Waals surface area contributed by atoms with Gasteiger partial charge in [-0.1, -0.05) is 6.92 Å². The van der Waals surface area contributed by atoms with Crippen molar-refractivity contribution in [3.63, 3.8) is 0 Å². The molecule has 1 aromatic heterocycles. The van der Waals surface area contributed by atoms with Crippen LogP contribution in [0.15, 0.2) is 6.07 Å². The summed E-state index contributed by atoms with van der Waals surface area (Å²) in [7, 11) is 0. The largest absolute Gasteiger partial charge is 0.353 e. The number of hydrogen-bond donors (Lipinski definition) is 0. The van der Waals surface area contributed by atoms with Crippen molar-refractivity contribution in [1.82, 2.24) is 0 Å². The third kappa shape index (κ3) is 4.00. The highest BCUT2D eigenvalue weighted by atomic mass is 127. The molecule has 0 aromatic carbocycles. The average Bonchev–Trinajstić information content (AvgIpc) is 2.97. The van der Waals surface area contributed by atoms with E-state index in [0.29, 0.717) is 29.7 Å². The van der Waals surface area contributed by atoms with Crippen molar-refractivity contribution in [2.75, 3.05) is 24.9 Å².